The maximum atomic E-state index is 11.7. The van der Waals surface area contributed by atoms with Crippen LogP contribution in [-0.2, 0) is 11.8 Å². The number of carbonyl (C=O) groups is 2. The SMILES string of the molecule is Cc1nn(C)c(N2CCC(C(=O)O)(C(C)C)C2)c1C(N)=O. The Morgan fingerprint density at radius 1 is 1.43 bits per heavy atom. The van der Waals surface area contributed by atoms with Crippen LogP contribution in [0.3, 0.4) is 0 Å². The first-order chi connectivity index (χ1) is 9.70. The first-order valence-corrected chi connectivity index (χ1v) is 7.02. The second-order valence-corrected chi connectivity index (χ2v) is 6.06. The van der Waals surface area contributed by atoms with Gasteiger partial charge in [-0.15, -0.1) is 0 Å². The van der Waals surface area contributed by atoms with Crippen LogP contribution in [0.2, 0.25) is 0 Å². The minimum absolute atomic E-state index is 0.00588. The standard InChI is InChI=1S/C14H22N4O3/c1-8(2)14(13(20)21)5-6-18(7-14)12-10(11(15)19)9(3)16-17(12)4/h8H,5-7H2,1-4H3,(H2,15,19)(H,20,21). The second kappa shape index (κ2) is 5.05. The van der Waals surface area contributed by atoms with Crippen LogP contribution in [0.4, 0.5) is 5.82 Å². The highest BCUT2D eigenvalue weighted by Gasteiger charge is 2.48. The van der Waals surface area contributed by atoms with Gasteiger partial charge in [-0.3, -0.25) is 14.3 Å². The summed E-state index contributed by atoms with van der Waals surface area (Å²) < 4.78 is 1.60. The van der Waals surface area contributed by atoms with E-state index in [1.165, 1.54) is 0 Å². The molecule has 0 spiro atoms. The van der Waals surface area contributed by atoms with E-state index in [1.807, 2.05) is 18.7 Å². The van der Waals surface area contributed by atoms with Gasteiger partial charge in [0.25, 0.3) is 5.91 Å². The number of carboxylic acid groups (broad SMARTS) is 1. The van der Waals surface area contributed by atoms with Gasteiger partial charge >= 0.3 is 5.97 Å². The molecular formula is C14H22N4O3. The molecule has 7 nitrogen and oxygen atoms in total. The maximum absolute atomic E-state index is 11.7. The van der Waals surface area contributed by atoms with Crippen molar-refractivity contribution in [2.75, 3.05) is 18.0 Å². The number of anilines is 1. The van der Waals surface area contributed by atoms with Crippen LogP contribution >= 0.6 is 0 Å². The molecule has 0 aliphatic carbocycles. The van der Waals surface area contributed by atoms with Gasteiger partial charge in [-0.2, -0.15) is 5.10 Å². The van der Waals surface area contributed by atoms with Gasteiger partial charge in [0.15, 0.2) is 0 Å². The quantitative estimate of drug-likeness (QED) is 0.854. The van der Waals surface area contributed by atoms with Crippen molar-refractivity contribution in [3.05, 3.63) is 11.3 Å². The summed E-state index contributed by atoms with van der Waals surface area (Å²) in [6.45, 7) is 6.50. The summed E-state index contributed by atoms with van der Waals surface area (Å²) in [6.07, 6.45) is 0.544. The first-order valence-electron chi connectivity index (χ1n) is 7.02. The molecule has 1 aromatic rings. The highest BCUT2D eigenvalue weighted by Crippen LogP contribution is 2.41. The number of nitrogens with zero attached hydrogens (tertiary/aromatic N) is 3. The molecule has 0 saturated carbocycles. The van der Waals surface area contributed by atoms with Crippen molar-refractivity contribution in [3.63, 3.8) is 0 Å². The number of rotatable bonds is 4. The number of hydrogen-bond acceptors (Lipinski definition) is 4. The first kappa shape index (κ1) is 15.3. The third kappa shape index (κ3) is 2.26. The fourth-order valence-electron chi connectivity index (χ4n) is 3.20. The zero-order valence-electron chi connectivity index (χ0n) is 12.9. The van der Waals surface area contributed by atoms with Crippen molar-refractivity contribution in [1.29, 1.82) is 0 Å². The lowest BCUT2D eigenvalue weighted by Crippen LogP contribution is -2.39. The predicted molar refractivity (Wildman–Crippen MR) is 78.2 cm³/mol. The van der Waals surface area contributed by atoms with Crippen LogP contribution in [0.5, 0.6) is 0 Å². The molecule has 1 atom stereocenters. The summed E-state index contributed by atoms with van der Waals surface area (Å²) in [5.74, 6) is -0.706. The Morgan fingerprint density at radius 2 is 2.05 bits per heavy atom. The Labute approximate surface area is 123 Å². The third-order valence-electron chi connectivity index (χ3n) is 4.57. The Bertz CT molecular complexity index is 593. The highest BCUT2D eigenvalue weighted by molar-refractivity contribution is 5.99. The van der Waals surface area contributed by atoms with Crippen molar-refractivity contribution in [2.45, 2.75) is 27.2 Å². The number of aliphatic carboxylic acids is 1. The predicted octanol–water partition coefficient (Wildman–Crippen LogP) is 0.765. The van der Waals surface area contributed by atoms with Crippen molar-refractivity contribution < 1.29 is 14.7 Å². The zero-order chi connectivity index (χ0) is 15.9. The molecule has 2 rings (SSSR count). The monoisotopic (exact) mass is 294 g/mol. The molecule has 1 aliphatic rings. The smallest absolute Gasteiger partial charge is 0.311 e. The molecule has 1 aliphatic heterocycles. The fraction of sp³-hybridized carbons (Fsp3) is 0.643. The average molecular weight is 294 g/mol. The normalized spacial score (nSPS) is 22.0. The molecule has 1 saturated heterocycles. The van der Waals surface area contributed by atoms with Gasteiger partial charge in [0.1, 0.15) is 11.4 Å². The van der Waals surface area contributed by atoms with E-state index in [9.17, 15) is 14.7 Å². The lowest BCUT2D eigenvalue weighted by atomic mass is 9.76. The number of aryl methyl sites for hydroxylation is 2. The second-order valence-electron chi connectivity index (χ2n) is 6.06. The lowest BCUT2D eigenvalue weighted by molar-refractivity contribution is -0.150. The van der Waals surface area contributed by atoms with E-state index < -0.39 is 17.3 Å². The van der Waals surface area contributed by atoms with E-state index in [0.717, 1.165) is 0 Å². The van der Waals surface area contributed by atoms with Crippen LogP contribution < -0.4 is 10.6 Å². The van der Waals surface area contributed by atoms with Crippen molar-refractivity contribution in [3.8, 4) is 0 Å². The molecule has 0 radical (unpaired) electrons. The molecule has 1 amide bonds. The van der Waals surface area contributed by atoms with Crippen LogP contribution in [0, 0.1) is 18.3 Å². The van der Waals surface area contributed by atoms with Gasteiger partial charge in [0.2, 0.25) is 0 Å². The Morgan fingerprint density at radius 3 is 2.48 bits per heavy atom. The number of amides is 1. The molecule has 1 unspecified atom stereocenters. The van der Waals surface area contributed by atoms with Crippen LogP contribution in [0.1, 0.15) is 36.3 Å². The Balaban J connectivity index is 2.43. The number of primary amides is 1. The molecule has 1 aromatic heterocycles. The molecule has 2 heterocycles. The summed E-state index contributed by atoms with van der Waals surface area (Å²) in [4.78, 5) is 25.3. The van der Waals surface area contributed by atoms with Gasteiger partial charge in [-0.25, -0.2) is 0 Å². The van der Waals surface area contributed by atoms with Gasteiger partial charge in [-0.05, 0) is 19.3 Å². The molecule has 0 aromatic carbocycles. The van der Waals surface area contributed by atoms with Crippen LogP contribution in [0.25, 0.3) is 0 Å². The summed E-state index contributed by atoms with van der Waals surface area (Å²) >= 11 is 0. The van der Waals surface area contributed by atoms with Gasteiger partial charge < -0.3 is 15.7 Å². The molecule has 1 fully saturated rings. The number of carboxylic acids is 1. The largest absolute Gasteiger partial charge is 0.481 e. The summed E-state index contributed by atoms with van der Waals surface area (Å²) in [5, 5.41) is 13.9. The summed E-state index contributed by atoms with van der Waals surface area (Å²) in [6, 6.07) is 0. The van der Waals surface area contributed by atoms with E-state index in [1.54, 1.807) is 18.7 Å². The molecular weight excluding hydrogens is 272 g/mol. The van der Waals surface area contributed by atoms with Crippen molar-refractivity contribution in [2.24, 2.45) is 24.1 Å². The molecule has 21 heavy (non-hydrogen) atoms. The number of aromatic nitrogens is 2. The van der Waals surface area contributed by atoms with E-state index in [-0.39, 0.29) is 5.92 Å². The van der Waals surface area contributed by atoms with E-state index >= 15 is 0 Å². The molecule has 3 N–H and O–H groups in total. The lowest BCUT2D eigenvalue weighted by Gasteiger charge is -2.29. The van der Waals surface area contributed by atoms with Gasteiger partial charge in [-0.1, -0.05) is 13.8 Å². The van der Waals surface area contributed by atoms with Gasteiger partial charge in [0.05, 0.1) is 11.1 Å². The fourth-order valence-corrected chi connectivity index (χ4v) is 3.20. The highest BCUT2D eigenvalue weighted by atomic mass is 16.4. The third-order valence-corrected chi connectivity index (χ3v) is 4.57. The van der Waals surface area contributed by atoms with E-state index in [0.29, 0.717) is 36.6 Å². The topological polar surface area (TPSA) is 101 Å². The van der Waals surface area contributed by atoms with Crippen molar-refractivity contribution >= 4 is 17.7 Å². The molecule has 116 valence electrons. The minimum Gasteiger partial charge on any atom is -0.481 e. The zero-order valence-corrected chi connectivity index (χ0v) is 12.9. The van der Waals surface area contributed by atoms with Crippen LogP contribution in [-0.4, -0.2) is 39.9 Å². The summed E-state index contributed by atoms with van der Waals surface area (Å²) in [7, 11) is 1.74. The Kier molecular flexibility index (Phi) is 3.69. The molecule has 7 heteroatoms. The Hall–Kier alpha value is -2.05. The molecule has 0 bridgehead atoms. The maximum Gasteiger partial charge on any atom is 0.311 e. The average Bonchev–Trinajstić information content (AvgIpc) is 2.90. The number of nitrogens with two attached hydrogens (primary N) is 1. The number of carbonyl (C=O) groups excluding carboxylic acids is 1. The van der Waals surface area contributed by atoms with Crippen LogP contribution in [0.15, 0.2) is 0 Å². The summed E-state index contributed by atoms with van der Waals surface area (Å²) in [5.41, 5.74) is 5.59. The minimum atomic E-state index is -0.799. The van der Waals surface area contributed by atoms with E-state index in [2.05, 4.69) is 5.10 Å². The van der Waals surface area contributed by atoms with E-state index in [4.69, 9.17) is 5.73 Å². The number of hydrogen-bond donors (Lipinski definition) is 2. The van der Waals surface area contributed by atoms with Crippen molar-refractivity contribution in [1.82, 2.24) is 9.78 Å². The van der Waals surface area contributed by atoms with Gasteiger partial charge in [0, 0.05) is 20.1 Å².